The van der Waals surface area contributed by atoms with Crippen LogP contribution in [-0.2, 0) is 32.7 Å². The van der Waals surface area contributed by atoms with E-state index >= 15 is 0 Å². The Morgan fingerprint density at radius 1 is 1.86 bits per heavy atom. The van der Waals surface area contributed by atoms with Crippen molar-refractivity contribution in [2.45, 2.75) is 6.92 Å². The van der Waals surface area contributed by atoms with Crippen LogP contribution in [0.5, 0.6) is 0 Å². The summed E-state index contributed by atoms with van der Waals surface area (Å²) in [5, 5.41) is 3.94. The van der Waals surface area contributed by atoms with Crippen LogP contribution in [0.15, 0.2) is 6.20 Å². The third-order valence-corrected chi connectivity index (χ3v) is 1.13. The number of aryl methyl sites for hydroxylation is 1. The number of nitrogens with zero attached hydrogens (tertiary/aromatic N) is 1. The maximum atomic E-state index is 3.88. The van der Waals surface area contributed by atoms with E-state index in [0.717, 1.165) is 5.01 Å². The molecule has 1 heterocycles. The molecule has 1 aromatic rings. The Bertz CT molecular complexity index is 115. The molecule has 3 heteroatoms. The largest absolute Gasteiger partial charge is 0.365 e. The molecule has 1 rings (SSSR count). The first-order chi connectivity index (χ1) is 2.89. The molecule has 35 valence electrons. The van der Waals surface area contributed by atoms with Gasteiger partial charge in [0.15, 0.2) is 0 Å². The van der Waals surface area contributed by atoms with E-state index in [1.165, 1.54) is 0 Å². The van der Waals surface area contributed by atoms with Gasteiger partial charge in [0, 0.05) is 32.7 Å². The van der Waals surface area contributed by atoms with Crippen LogP contribution in [-0.4, -0.2) is 4.98 Å². The maximum Gasteiger partial charge on any atom is 0 e. The second-order valence-corrected chi connectivity index (χ2v) is 2.03. The van der Waals surface area contributed by atoms with Crippen LogP contribution in [0.2, 0.25) is 0 Å². The van der Waals surface area contributed by atoms with Crippen LogP contribution in [0.4, 0.5) is 0 Å². The zero-order chi connectivity index (χ0) is 4.41. The molecule has 1 nitrogen and oxygen atoms in total. The molecule has 0 unspecified atom stereocenters. The molecule has 0 atom stereocenters. The number of aromatic nitrogens is 1. The van der Waals surface area contributed by atoms with Crippen molar-refractivity contribution >= 4 is 11.3 Å². The van der Waals surface area contributed by atoms with Crippen molar-refractivity contribution in [2.24, 2.45) is 0 Å². The average molecular weight is 187 g/mol. The van der Waals surface area contributed by atoms with Crippen molar-refractivity contribution in [1.29, 1.82) is 0 Å². The first-order valence-electron chi connectivity index (χ1n) is 1.68. The van der Waals surface area contributed by atoms with Gasteiger partial charge in [0.2, 0.25) is 0 Å². The maximum absolute atomic E-state index is 3.88. The minimum absolute atomic E-state index is 0. The van der Waals surface area contributed by atoms with Crippen molar-refractivity contribution in [3.05, 3.63) is 16.6 Å². The fraction of sp³-hybridized carbons (Fsp3) is 0.250. The summed E-state index contributed by atoms with van der Waals surface area (Å²) in [6, 6.07) is 0. The summed E-state index contributed by atoms with van der Waals surface area (Å²) >= 11 is 1.54. The predicted molar refractivity (Wildman–Crippen MR) is 25.7 cm³/mol. The molecule has 7 heavy (non-hydrogen) atoms. The molecule has 1 aromatic heterocycles. The van der Waals surface area contributed by atoms with Crippen molar-refractivity contribution in [2.75, 3.05) is 0 Å². The number of rotatable bonds is 0. The summed E-state index contributed by atoms with van der Waals surface area (Å²) in [7, 11) is 0. The fourth-order valence-corrected chi connectivity index (χ4v) is 0.637. The SMILES string of the molecule is Cc1nc[c-]s1.[Y]. The van der Waals surface area contributed by atoms with E-state index in [1.807, 2.05) is 6.92 Å². The molecular formula is C4H4NSY-. The second kappa shape index (κ2) is 3.70. The zero-order valence-corrected chi connectivity index (χ0v) is 7.66. The topological polar surface area (TPSA) is 12.9 Å². The summed E-state index contributed by atoms with van der Waals surface area (Å²) in [4.78, 5) is 3.88. The Labute approximate surface area is 72.0 Å². The van der Waals surface area contributed by atoms with Gasteiger partial charge in [-0.1, -0.05) is 18.1 Å². The third-order valence-electron chi connectivity index (χ3n) is 0.506. The quantitative estimate of drug-likeness (QED) is 0.557. The molecule has 0 spiro atoms. The summed E-state index contributed by atoms with van der Waals surface area (Å²) in [5.74, 6) is 0. The van der Waals surface area contributed by atoms with Gasteiger partial charge in [0.25, 0.3) is 0 Å². The molecule has 0 amide bonds. The van der Waals surface area contributed by atoms with E-state index in [0.29, 0.717) is 0 Å². The summed E-state index contributed by atoms with van der Waals surface area (Å²) in [6.45, 7) is 1.96. The van der Waals surface area contributed by atoms with E-state index in [1.54, 1.807) is 17.5 Å². The van der Waals surface area contributed by atoms with Gasteiger partial charge >= 0.3 is 0 Å². The van der Waals surface area contributed by atoms with Crippen LogP contribution in [0.1, 0.15) is 5.01 Å². The van der Waals surface area contributed by atoms with Crippen LogP contribution >= 0.6 is 11.3 Å². The standard InChI is InChI=1S/C4H4NS.Y/c1-4-5-2-3-6-4;/h2H,1H3;/q-1;. The number of hydrogen-bond acceptors (Lipinski definition) is 2. The zero-order valence-electron chi connectivity index (χ0n) is 4.01. The molecule has 0 fully saturated rings. The van der Waals surface area contributed by atoms with Crippen LogP contribution < -0.4 is 0 Å². The van der Waals surface area contributed by atoms with Crippen LogP contribution in [0.3, 0.4) is 0 Å². The molecule has 0 bridgehead atoms. The van der Waals surface area contributed by atoms with Gasteiger partial charge in [0.1, 0.15) is 0 Å². The molecular weight excluding hydrogens is 183 g/mol. The van der Waals surface area contributed by atoms with Gasteiger partial charge in [-0.05, 0) is 0 Å². The Kier molecular flexibility index (Phi) is 4.09. The molecule has 0 aliphatic rings. The van der Waals surface area contributed by atoms with E-state index in [2.05, 4.69) is 10.4 Å². The normalized spacial score (nSPS) is 7.57. The Hall–Kier alpha value is 0.734. The third kappa shape index (κ3) is 2.52. The van der Waals surface area contributed by atoms with Crippen molar-refractivity contribution in [3.8, 4) is 0 Å². The van der Waals surface area contributed by atoms with Crippen molar-refractivity contribution < 1.29 is 32.7 Å². The molecule has 0 saturated carbocycles. The predicted octanol–water partition coefficient (Wildman–Crippen LogP) is 1.25. The van der Waals surface area contributed by atoms with Gasteiger partial charge in [-0.2, -0.15) is 5.38 Å². The molecule has 1 radical (unpaired) electrons. The molecule has 0 N–H and O–H groups in total. The van der Waals surface area contributed by atoms with Crippen molar-refractivity contribution in [1.82, 2.24) is 4.98 Å². The van der Waals surface area contributed by atoms with Crippen LogP contribution in [0.25, 0.3) is 0 Å². The first kappa shape index (κ1) is 7.73. The monoisotopic (exact) mass is 187 g/mol. The summed E-state index contributed by atoms with van der Waals surface area (Å²) < 4.78 is 0. The van der Waals surface area contributed by atoms with Crippen LogP contribution in [0, 0.1) is 12.3 Å². The number of hydrogen-bond donors (Lipinski definition) is 0. The molecule has 0 aromatic carbocycles. The van der Waals surface area contributed by atoms with Gasteiger partial charge < -0.3 is 16.3 Å². The summed E-state index contributed by atoms with van der Waals surface area (Å²) in [6.07, 6.45) is 1.68. The van der Waals surface area contributed by atoms with Gasteiger partial charge in [-0.15, -0.1) is 0 Å². The van der Waals surface area contributed by atoms with E-state index < -0.39 is 0 Å². The molecule has 0 aliphatic carbocycles. The summed E-state index contributed by atoms with van der Waals surface area (Å²) in [5.41, 5.74) is 0. The van der Waals surface area contributed by atoms with E-state index in [-0.39, 0.29) is 32.7 Å². The first-order valence-corrected chi connectivity index (χ1v) is 2.50. The van der Waals surface area contributed by atoms with Gasteiger partial charge in [-0.25, -0.2) is 0 Å². The Balaban J connectivity index is 0.000000360. The van der Waals surface area contributed by atoms with E-state index in [4.69, 9.17) is 0 Å². The molecule has 0 aliphatic heterocycles. The Morgan fingerprint density at radius 2 is 2.57 bits per heavy atom. The fourth-order valence-electron chi connectivity index (χ4n) is 0.255. The van der Waals surface area contributed by atoms with Crippen molar-refractivity contribution in [3.63, 3.8) is 0 Å². The average Bonchev–Trinajstić information content (AvgIpc) is 1.86. The smallest absolute Gasteiger partial charge is 0 e. The van der Waals surface area contributed by atoms with Gasteiger partial charge in [0.05, 0.1) is 0 Å². The van der Waals surface area contributed by atoms with E-state index in [9.17, 15) is 0 Å². The second-order valence-electron chi connectivity index (χ2n) is 0.997. The number of thiazole rings is 1. The van der Waals surface area contributed by atoms with Gasteiger partial charge in [-0.3, -0.25) is 0 Å². The molecule has 0 saturated heterocycles. The minimum Gasteiger partial charge on any atom is -0.365 e. The Morgan fingerprint density at radius 3 is 2.71 bits per heavy atom. The minimum atomic E-state index is 0.